The van der Waals surface area contributed by atoms with Crippen LogP contribution in [0.15, 0.2) is 47.2 Å². The van der Waals surface area contributed by atoms with E-state index in [4.69, 9.17) is 5.73 Å². The summed E-state index contributed by atoms with van der Waals surface area (Å²) in [4.78, 5) is 44.7. The van der Waals surface area contributed by atoms with Crippen LogP contribution in [0.2, 0.25) is 0 Å². The molecule has 10 heteroatoms. The van der Waals surface area contributed by atoms with E-state index in [9.17, 15) is 9.59 Å². The Balaban J connectivity index is 1.61. The van der Waals surface area contributed by atoms with Crippen molar-refractivity contribution in [2.45, 2.75) is 50.5 Å². The number of aliphatic imine (C=N–C) groups is 1. The topological polar surface area (TPSA) is 138 Å². The van der Waals surface area contributed by atoms with E-state index < -0.39 is 5.91 Å². The van der Waals surface area contributed by atoms with Gasteiger partial charge in [0.1, 0.15) is 12.0 Å². The number of pyridine rings is 1. The molecule has 4 N–H and O–H groups in total. The lowest BCUT2D eigenvalue weighted by Crippen LogP contribution is -2.40. The van der Waals surface area contributed by atoms with Gasteiger partial charge in [0, 0.05) is 38.0 Å². The zero-order valence-corrected chi connectivity index (χ0v) is 19.5. The SMILES string of the molecule is CN=CC(NC(=O)c1nc(C2CC2)ccc1Nc1cncnc1)=C(N)C(=O)N(C)C1CCCC1. The van der Waals surface area contributed by atoms with E-state index in [1.807, 2.05) is 12.1 Å². The van der Waals surface area contributed by atoms with Crippen LogP contribution < -0.4 is 16.4 Å². The second-order valence-corrected chi connectivity index (χ2v) is 8.68. The summed E-state index contributed by atoms with van der Waals surface area (Å²) in [5.41, 5.74) is 8.49. The van der Waals surface area contributed by atoms with Crippen molar-refractivity contribution in [3.8, 4) is 0 Å². The first kappa shape index (κ1) is 23.3. The minimum absolute atomic E-state index is 0.0577. The highest BCUT2D eigenvalue weighted by molar-refractivity contribution is 6.05. The van der Waals surface area contributed by atoms with E-state index in [0.717, 1.165) is 44.2 Å². The normalized spacial score (nSPS) is 16.9. The molecule has 0 radical (unpaired) electrons. The molecule has 2 heterocycles. The number of allylic oxidation sites excluding steroid dienone is 1. The zero-order valence-electron chi connectivity index (χ0n) is 19.5. The van der Waals surface area contributed by atoms with Crippen molar-refractivity contribution in [3.05, 3.63) is 53.6 Å². The number of nitrogens with two attached hydrogens (primary N) is 1. The monoisotopic (exact) mass is 462 g/mol. The van der Waals surface area contributed by atoms with Crippen LogP contribution in [0.25, 0.3) is 0 Å². The average Bonchev–Trinajstić information content (AvgIpc) is 3.56. The molecule has 10 nitrogen and oxygen atoms in total. The number of rotatable bonds is 8. The first-order valence-electron chi connectivity index (χ1n) is 11.5. The van der Waals surface area contributed by atoms with Crippen LogP contribution >= 0.6 is 0 Å². The van der Waals surface area contributed by atoms with Gasteiger partial charge in [0.25, 0.3) is 11.8 Å². The summed E-state index contributed by atoms with van der Waals surface area (Å²) in [6.45, 7) is 0. The fraction of sp³-hybridized carbons (Fsp3) is 0.417. The molecule has 0 atom stereocenters. The van der Waals surface area contributed by atoms with Gasteiger partial charge in [-0.1, -0.05) is 12.8 Å². The third-order valence-corrected chi connectivity index (χ3v) is 6.19. The first-order valence-corrected chi connectivity index (χ1v) is 11.5. The highest BCUT2D eigenvalue weighted by Crippen LogP contribution is 2.39. The molecule has 2 aliphatic carbocycles. The number of hydrogen-bond donors (Lipinski definition) is 3. The summed E-state index contributed by atoms with van der Waals surface area (Å²) < 4.78 is 0. The van der Waals surface area contributed by atoms with Crippen molar-refractivity contribution in [2.75, 3.05) is 19.4 Å². The van der Waals surface area contributed by atoms with Crippen LogP contribution in [0, 0.1) is 0 Å². The maximum atomic E-state index is 13.4. The standard InChI is InChI=1S/C24H30N8O2/c1-26-13-20(21(25)24(34)32(2)17-5-3-4-6-17)31-23(33)22-19(29-16-11-27-14-28-12-16)10-9-18(30-22)15-7-8-15/h9-15,17,29H,3-8,25H2,1-2H3,(H,31,33). The van der Waals surface area contributed by atoms with E-state index in [2.05, 4.69) is 30.6 Å². The Kier molecular flexibility index (Phi) is 7.15. The van der Waals surface area contributed by atoms with Crippen LogP contribution in [-0.2, 0) is 4.79 Å². The van der Waals surface area contributed by atoms with Crippen LogP contribution in [0.1, 0.15) is 60.6 Å². The van der Waals surface area contributed by atoms with Crippen LogP contribution in [0.5, 0.6) is 0 Å². The molecule has 0 bridgehead atoms. The van der Waals surface area contributed by atoms with Crippen LogP contribution in [0.3, 0.4) is 0 Å². The summed E-state index contributed by atoms with van der Waals surface area (Å²) in [6.07, 6.45) is 12.2. The minimum Gasteiger partial charge on any atom is -0.393 e. The molecular formula is C24H30N8O2. The lowest BCUT2D eigenvalue weighted by molar-refractivity contribution is -0.127. The smallest absolute Gasteiger partial charge is 0.276 e. The second kappa shape index (κ2) is 10.4. The molecule has 0 aromatic carbocycles. The van der Waals surface area contributed by atoms with Crippen molar-refractivity contribution in [1.82, 2.24) is 25.2 Å². The molecule has 0 saturated heterocycles. The Labute approximate surface area is 198 Å². The number of carbonyl (C=O) groups excluding carboxylic acids is 2. The summed E-state index contributed by atoms with van der Waals surface area (Å²) in [7, 11) is 3.30. The fourth-order valence-corrected chi connectivity index (χ4v) is 4.12. The van der Waals surface area contributed by atoms with E-state index in [0.29, 0.717) is 17.3 Å². The van der Waals surface area contributed by atoms with Gasteiger partial charge in [-0.15, -0.1) is 0 Å². The summed E-state index contributed by atoms with van der Waals surface area (Å²) in [5.74, 6) is -0.461. The molecule has 0 unspecified atom stereocenters. The van der Waals surface area contributed by atoms with Gasteiger partial charge in [-0.05, 0) is 37.8 Å². The lowest BCUT2D eigenvalue weighted by atomic mass is 10.2. The predicted molar refractivity (Wildman–Crippen MR) is 130 cm³/mol. The highest BCUT2D eigenvalue weighted by Gasteiger charge is 2.29. The van der Waals surface area contributed by atoms with Gasteiger partial charge < -0.3 is 21.3 Å². The molecule has 2 amide bonds. The molecule has 0 aliphatic heterocycles. The number of amides is 2. The highest BCUT2D eigenvalue weighted by atomic mass is 16.2. The van der Waals surface area contributed by atoms with Gasteiger partial charge in [-0.25, -0.2) is 15.0 Å². The maximum absolute atomic E-state index is 13.4. The van der Waals surface area contributed by atoms with Gasteiger partial charge >= 0.3 is 0 Å². The summed E-state index contributed by atoms with van der Waals surface area (Å²) in [5, 5.41) is 5.91. The third kappa shape index (κ3) is 5.38. The zero-order chi connectivity index (χ0) is 24.1. The number of nitrogens with zero attached hydrogens (tertiary/aromatic N) is 5. The van der Waals surface area contributed by atoms with Crippen molar-refractivity contribution < 1.29 is 9.59 Å². The second-order valence-electron chi connectivity index (χ2n) is 8.68. The van der Waals surface area contributed by atoms with Crippen LogP contribution in [0.4, 0.5) is 11.4 Å². The quantitative estimate of drug-likeness (QED) is 0.405. The molecule has 2 fully saturated rings. The van der Waals surface area contributed by atoms with Crippen molar-refractivity contribution in [1.29, 1.82) is 0 Å². The van der Waals surface area contributed by atoms with E-state index in [-0.39, 0.29) is 29.0 Å². The predicted octanol–water partition coefficient (Wildman–Crippen LogP) is 2.49. The first-order chi connectivity index (χ1) is 16.5. The van der Waals surface area contributed by atoms with E-state index in [1.54, 1.807) is 31.4 Å². The summed E-state index contributed by atoms with van der Waals surface area (Å²) in [6, 6.07) is 3.89. The molecule has 2 saturated carbocycles. The number of carbonyl (C=O) groups is 2. The van der Waals surface area contributed by atoms with Gasteiger partial charge in [-0.3, -0.25) is 14.6 Å². The number of likely N-dealkylation sites (N-methyl/N-ethyl adjacent to an activating group) is 1. The van der Waals surface area contributed by atoms with Crippen LogP contribution in [-0.4, -0.2) is 58.0 Å². The molecule has 4 rings (SSSR count). The molecule has 178 valence electrons. The molecule has 2 aromatic heterocycles. The summed E-state index contributed by atoms with van der Waals surface area (Å²) >= 11 is 0. The maximum Gasteiger partial charge on any atom is 0.276 e. The van der Waals surface area contributed by atoms with Crippen molar-refractivity contribution >= 4 is 29.4 Å². The number of hydrogen-bond acceptors (Lipinski definition) is 8. The lowest BCUT2D eigenvalue weighted by Gasteiger charge is -2.25. The van der Waals surface area contributed by atoms with Gasteiger partial charge in [-0.2, -0.15) is 0 Å². The molecule has 2 aromatic rings. The Bertz CT molecular complexity index is 1110. The molecule has 0 spiro atoms. The Morgan fingerprint density at radius 3 is 2.50 bits per heavy atom. The van der Waals surface area contributed by atoms with E-state index in [1.165, 1.54) is 12.5 Å². The minimum atomic E-state index is -0.490. The fourth-order valence-electron chi connectivity index (χ4n) is 4.12. The van der Waals surface area contributed by atoms with Crippen molar-refractivity contribution in [3.63, 3.8) is 0 Å². The largest absolute Gasteiger partial charge is 0.393 e. The average molecular weight is 463 g/mol. The van der Waals surface area contributed by atoms with Gasteiger partial charge in [0.15, 0.2) is 5.69 Å². The van der Waals surface area contributed by atoms with Crippen molar-refractivity contribution in [2.24, 2.45) is 10.7 Å². The third-order valence-electron chi connectivity index (χ3n) is 6.19. The Morgan fingerprint density at radius 2 is 1.85 bits per heavy atom. The van der Waals surface area contributed by atoms with E-state index >= 15 is 0 Å². The molecule has 34 heavy (non-hydrogen) atoms. The Morgan fingerprint density at radius 1 is 1.15 bits per heavy atom. The molecule has 2 aliphatic rings. The number of nitrogens with one attached hydrogen (secondary N) is 2. The Hall–Kier alpha value is -3.82. The number of aromatic nitrogens is 3. The molecular weight excluding hydrogens is 432 g/mol. The van der Waals surface area contributed by atoms with Gasteiger partial charge in [0.2, 0.25) is 0 Å². The van der Waals surface area contributed by atoms with Gasteiger partial charge in [0.05, 0.1) is 29.5 Å². The number of anilines is 2.